The summed E-state index contributed by atoms with van der Waals surface area (Å²) >= 11 is 0. The highest BCUT2D eigenvalue weighted by molar-refractivity contribution is 6.26. The normalized spacial score (nSPS) is 12.9. The number of hydrogen-bond acceptors (Lipinski definition) is 6. The first-order valence-electron chi connectivity index (χ1n) is 18.4. The standard InChI is InChI=1S/C48H34N6O2/c1-55-35-17-9-15-31(25-35)43-38-21-19-33(49-38)27-34-20-22-39(50-34)44(32-16-10-18-36(26-32)56-2)42-28-37-46(29-11-5-3-6-12-29)53-54-47(30-13-7-4-8-14-30)45(48(37)52-42)41-24-23-40(43)51-41/h3-28,49,52H,1-2H3. The summed E-state index contributed by atoms with van der Waals surface area (Å²) in [6.45, 7) is 0. The van der Waals surface area contributed by atoms with Crippen molar-refractivity contribution in [3.8, 4) is 33.8 Å². The first-order chi connectivity index (χ1) is 27.6. The second-order valence-electron chi connectivity index (χ2n) is 13.6. The van der Waals surface area contributed by atoms with Crippen molar-refractivity contribution in [3.63, 3.8) is 0 Å². The van der Waals surface area contributed by atoms with E-state index in [1.165, 1.54) is 0 Å². The average Bonchev–Trinajstić information content (AvgIpc) is 4.08. The Morgan fingerprint density at radius 3 is 1.70 bits per heavy atom. The second kappa shape index (κ2) is 13.7. The van der Waals surface area contributed by atoms with Crippen molar-refractivity contribution in [2.45, 2.75) is 0 Å². The van der Waals surface area contributed by atoms with Gasteiger partial charge in [0, 0.05) is 44.4 Å². The molecule has 0 amide bonds. The Morgan fingerprint density at radius 1 is 0.446 bits per heavy atom. The van der Waals surface area contributed by atoms with E-state index in [1.54, 1.807) is 14.2 Å². The zero-order valence-corrected chi connectivity index (χ0v) is 30.6. The molecule has 56 heavy (non-hydrogen) atoms. The Bertz CT molecular complexity index is 2990. The van der Waals surface area contributed by atoms with Crippen LogP contribution in [-0.2, 0) is 0 Å². The van der Waals surface area contributed by atoms with E-state index in [-0.39, 0.29) is 0 Å². The van der Waals surface area contributed by atoms with Gasteiger partial charge in [0.2, 0.25) is 0 Å². The summed E-state index contributed by atoms with van der Waals surface area (Å²) < 4.78 is 11.4. The van der Waals surface area contributed by atoms with Gasteiger partial charge in [-0.3, -0.25) is 0 Å². The maximum Gasteiger partial charge on any atom is 0.119 e. The third-order valence-electron chi connectivity index (χ3n) is 10.2. The number of rotatable bonds is 6. The van der Waals surface area contributed by atoms with Crippen LogP contribution in [-0.4, -0.2) is 45.6 Å². The lowest BCUT2D eigenvalue weighted by Crippen LogP contribution is -2.06. The summed E-state index contributed by atoms with van der Waals surface area (Å²) in [6.07, 6.45) is 8.27. The average molecular weight is 727 g/mol. The van der Waals surface area contributed by atoms with Crippen molar-refractivity contribution in [1.82, 2.24) is 19.9 Å². The SMILES string of the molecule is COc1cccc(-c2c3nc(c4c5[nH]c(cc5C(c5ccccc5)=NN=C4c4ccccc4)c(-c4cccc(OC)c4)c4nc(cc5ccc2[nH]5)C=C4)C=C3)c1. The van der Waals surface area contributed by atoms with E-state index in [0.717, 1.165) is 107 Å². The number of aromatic amines is 2. The van der Waals surface area contributed by atoms with Gasteiger partial charge in [0.15, 0.2) is 0 Å². The van der Waals surface area contributed by atoms with Gasteiger partial charge >= 0.3 is 0 Å². The first-order valence-corrected chi connectivity index (χ1v) is 18.4. The number of nitrogens with zero attached hydrogens (tertiary/aromatic N) is 4. The maximum atomic E-state index is 5.71. The number of methoxy groups -OCH3 is 2. The third-order valence-corrected chi connectivity index (χ3v) is 10.2. The van der Waals surface area contributed by atoms with Gasteiger partial charge in [0.05, 0.1) is 48.1 Å². The van der Waals surface area contributed by atoms with Crippen LogP contribution in [0.4, 0.5) is 0 Å². The third kappa shape index (κ3) is 5.81. The molecule has 0 atom stereocenters. The fourth-order valence-electron chi connectivity index (χ4n) is 7.63. The van der Waals surface area contributed by atoms with E-state index in [2.05, 4.69) is 88.9 Å². The van der Waals surface area contributed by atoms with Gasteiger partial charge in [-0.2, -0.15) is 0 Å². The van der Waals surface area contributed by atoms with Crippen molar-refractivity contribution in [2.24, 2.45) is 10.2 Å². The Balaban J connectivity index is 1.41. The maximum absolute atomic E-state index is 5.71. The summed E-state index contributed by atoms with van der Waals surface area (Å²) in [5, 5.41) is 10.1. The second-order valence-corrected chi connectivity index (χ2v) is 13.6. The van der Waals surface area contributed by atoms with Gasteiger partial charge < -0.3 is 19.4 Å². The van der Waals surface area contributed by atoms with E-state index >= 15 is 0 Å². The van der Waals surface area contributed by atoms with Crippen molar-refractivity contribution < 1.29 is 9.47 Å². The molecule has 10 rings (SSSR count). The number of hydrogen-bond donors (Lipinski definition) is 2. The number of aromatic nitrogens is 4. The lowest BCUT2D eigenvalue weighted by molar-refractivity contribution is 0.415. The van der Waals surface area contributed by atoms with Gasteiger partial charge in [0.1, 0.15) is 22.9 Å². The molecule has 8 nitrogen and oxygen atoms in total. The zero-order valence-electron chi connectivity index (χ0n) is 30.6. The number of ether oxygens (including phenoxy) is 2. The Kier molecular flexibility index (Phi) is 8.07. The summed E-state index contributed by atoms with van der Waals surface area (Å²) in [5.74, 6) is 1.51. The summed E-state index contributed by atoms with van der Waals surface area (Å²) in [7, 11) is 3.37. The van der Waals surface area contributed by atoms with Crippen LogP contribution in [0.1, 0.15) is 45.0 Å². The van der Waals surface area contributed by atoms with Crippen LogP contribution in [0.15, 0.2) is 144 Å². The number of benzene rings is 4. The van der Waals surface area contributed by atoms with Crippen molar-refractivity contribution in [3.05, 3.63) is 178 Å². The first kappa shape index (κ1) is 33.0. The molecule has 268 valence electrons. The fourth-order valence-corrected chi connectivity index (χ4v) is 7.63. The molecular formula is C48H34N6O2. The number of nitrogens with one attached hydrogen (secondary N) is 2. The fraction of sp³-hybridized carbons (Fsp3) is 0.0417. The molecule has 0 radical (unpaired) electrons. The monoisotopic (exact) mass is 726 g/mol. The molecule has 3 aromatic heterocycles. The Hall–Kier alpha value is -7.58. The largest absolute Gasteiger partial charge is 0.497 e. The molecule has 3 aliphatic heterocycles. The number of fused-ring (bicyclic) bond motifs is 8. The van der Waals surface area contributed by atoms with Crippen LogP contribution in [0.25, 0.3) is 68.6 Å². The topological polar surface area (TPSA) is 101 Å². The van der Waals surface area contributed by atoms with Crippen LogP contribution in [0.2, 0.25) is 0 Å². The summed E-state index contributed by atoms with van der Waals surface area (Å²) in [6, 6.07) is 44.9. The highest BCUT2D eigenvalue weighted by Crippen LogP contribution is 2.38. The molecule has 0 unspecified atom stereocenters. The summed E-state index contributed by atoms with van der Waals surface area (Å²) in [5.41, 5.74) is 15.6. The quantitative estimate of drug-likeness (QED) is 0.178. The van der Waals surface area contributed by atoms with Gasteiger partial charge in [-0.05, 0) is 84.0 Å². The minimum Gasteiger partial charge on any atom is -0.497 e. The van der Waals surface area contributed by atoms with E-state index < -0.39 is 0 Å². The van der Waals surface area contributed by atoms with Crippen LogP contribution in [0, 0.1) is 0 Å². The Labute approximate surface area is 322 Å². The minimum atomic E-state index is 0.702. The Morgan fingerprint density at radius 2 is 1.02 bits per heavy atom. The van der Waals surface area contributed by atoms with E-state index in [0.29, 0.717) is 5.71 Å². The molecule has 3 aliphatic rings. The minimum absolute atomic E-state index is 0.702. The van der Waals surface area contributed by atoms with Gasteiger partial charge in [-0.1, -0.05) is 84.9 Å². The summed E-state index contributed by atoms with van der Waals surface area (Å²) in [4.78, 5) is 18.2. The molecule has 0 aliphatic carbocycles. The molecular weight excluding hydrogens is 693 g/mol. The van der Waals surface area contributed by atoms with Crippen LogP contribution < -0.4 is 9.47 Å². The molecule has 8 heteroatoms. The molecule has 0 fully saturated rings. The molecule has 4 aromatic carbocycles. The molecule has 0 saturated carbocycles. The lowest BCUT2D eigenvalue weighted by atomic mass is 9.96. The molecule has 0 spiro atoms. The number of H-pyrrole nitrogens is 2. The van der Waals surface area contributed by atoms with Gasteiger partial charge in [-0.15, -0.1) is 10.2 Å². The molecule has 0 saturated heterocycles. The smallest absolute Gasteiger partial charge is 0.119 e. The molecule has 2 N–H and O–H groups in total. The lowest BCUT2D eigenvalue weighted by Gasteiger charge is -2.08. The molecule has 8 bridgehead atoms. The molecule has 6 heterocycles. The molecule has 7 aromatic rings. The van der Waals surface area contributed by atoms with Crippen LogP contribution in [0.3, 0.4) is 0 Å². The van der Waals surface area contributed by atoms with Crippen molar-refractivity contribution in [2.75, 3.05) is 14.2 Å². The van der Waals surface area contributed by atoms with Crippen LogP contribution in [0.5, 0.6) is 11.5 Å². The van der Waals surface area contributed by atoms with Crippen molar-refractivity contribution in [1.29, 1.82) is 0 Å². The highest BCUT2D eigenvalue weighted by atomic mass is 16.5. The van der Waals surface area contributed by atoms with E-state index in [1.807, 2.05) is 78.9 Å². The van der Waals surface area contributed by atoms with Crippen LogP contribution >= 0.6 is 0 Å². The van der Waals surface area contributed by atoms with E-state index in [4.69, 9.17) is 29.6 Å². The predicted molar refractivity (Wildman–Crippen MR) is 227 cm³/mol. The van der Waals surface area contributed by atoms with Crippen molar-refractivity contribution >= 4 is 57.8 Å². The van der Waals surface area contributed by atoms with Gasteiger partial charge in [-0.25, -0.2) is 9.97 Å². The zero-order chi connectivity index (χ0) is 37.6. The van der Waals surface area contributed by atoms with Gasteiger partial charge in [0.25, 0.3) is 0 Å². The predicted octanol–water partition coefficient (Wildman–Crippen LogP) is 10.6. The van der Waals surface area contributed by atoms with E-state index in [9.17, 15) is 0 Å². The highest BCUT2D eigenvalue weighted by Gasteiger charge is 2.26.